The first-order chi connectivity index (χ1) is 10.6. The lowest BCUT2D eigenvalue weighted by atomic mass is 9.92. The lowest BCUT2D eigenvalue weighted by Gasteiger charge is -2.28. The average molecular weight is 303 g/mol. The Kier molecular flexibility index (Phi) is 3.52. The number of benzene rings is 1. The predicted octanol–water partition coefficient (Wildman–Crippen LogP) is 2.44. The molecule has 0 saturated heterocycles. The first kappa shape index (κ1) is 14.4. The number of carboxylic acid groups (broad SMARTS) is 1. The molecule has 6 nitrogen and oxygen atoms in total. The Balaban J connectivity index is 2.36. The topological polar surface area (TPSA) is 77.8 Å². The molecule has 0 aliphatic heterocycles. The van der Waals surface area contributed by atoms with Gasteiger partial charge in [0.25, 0.3) is 5.56 Å². The second-order valence-electron chi connectivity index (χ2n) is 5.40. The molecule has 3 rings (SSSR count). The molecule has 2 aromatic rings. The summed E-state index contributed by atoms with van der Waals surface area (Å²) in [6.45, 7) is 0. The van der Waals surface area contributed by atoms with Crippen LogP contribution >= 0.6 is 0 Å². The molecule has 1 aliphatic rings. The van der Waals surface area contributed by atoms with Crippen molar-refractivity contribution in [2.24, 2.45) is 0 Å². The Morgan fingerprint density at radius 2 is 1.77 bits per heavy atom. The molecule has 1 heterocycles. The van der Waals surface area contributed by atoms with Crippen LogP contribution in [0.4, 0.5) is 0 Å². The molecule has 0 amide bonds. The van der Waals surface area contributed by atoms with E-state index >= 15 is 0 Å². The molecule has 1 aromatic heterocycles. The molecule has 0 unspecified atom stereocenters. The van der Waals surface area contributed by atoms with E-state index in [1.54, 1.807) is 16.7 Å². The largest absolute Gasteiger partial charge is 0.493 e. The molecule has 0 spiro atoms. The SMILES string of the molecule is COc1cc2c(C(=O)O)cn(C3CCC3)c(=O)c2cc1OC. The molecule has 6 heteroatoms. The van der Waals surface area contributed by atoms with E-state index in [1.807, 2.05) is 0 Å². The van der Waals surface area contributed by atoms with E-state index in [0.717, 1.165) is 19.3 Å². The highest BCUT2D eigenvalue weighted by Gasteiger charge is 2.24. The summed E-state index contributed by atoms with van der Waals surface area (Å²) >= 11 is 0. The number of ether oxygens (including phenoxy) is 2. The van der Waals surface area contributed by atoms with E-state index in [1.165, 1.54) is 20.4 Å². The van der Waals surface area contributed by atoms with Crippen molar-refractivity contribution < 1.29 is 19.4 Å². The quantitative estimate of drug-likeness (QED) is 0.938. The van der Waals surface area contributed by atoms with Crippen LogP contribution in [0, 0.1) is 0 Å². The van der Waals surface area contributed by atoms with Crippen molar-refractivity contribution in [1.82, 2.24) is 4.57 Å². The van der Waals surface area contributed by atoms with Crippen molar-refractivity contribution in [2.75, 3.05) is 14.2 Å². The van der Waals surface area contributed by atoms with Gasteiger partial charge in [0.05, 0.1) is 25.2 Å². The zero-order valence-corrected chi connectivity index (χ0v) is 12.5. The number of aromatic carboxylic acids is 1. The van der Waals surface area contributed by atoms with Crippen molar-refractivity contribution in [3.05, 3.63) is 34.2 Å². The third kappa shape index (κ3) is 2.11. The van der Waals surface area contributed by atoms with Crippen LogP contribution in [0.5, 0.6) is 11.5 Å². The van der Waals surface area contributed by atoms with Crippen molar-refractivity contribution >= 4 is 16.7 Å². The molecular formula is C16H17NO5. The Hall–Kier alpha value is -2.50. The smallest absolute Gasteiger partial charge is 0.337 e. The Bertz CT molecular complexity index is 804. The van der Waals surface area contributed by atoms with Crippen LogP contribution in [0.25, 0.3) is 10.8 Å². The van der Waals surface area contributed by atoms with Gasteiger partial charge in [-0.3, -0.25) is 4.79 Å². The molecule has 1 saturated carbocycles. The van der Waals surface area contributed by atoms with E-state index in [2.05, 4.69) is 0 Å². The van der Waals surface area contributed by atoms with Gasteiger partial charge < -0.3 is 19.1 Å². The second-order valence-corrected chi connectivity index (χ2v) is 5.40. The average Bonchev–Trinajstić information content (AvgIpc) is 2.46. The number of rotatable bonds is 4. The van der Waals surface area contributed by atoms with Gasteiger partial charge in [-0.1, -0.05) is 0 Å². The van der Waals surface area contributed by atoms with Crippen LogP contribution < -0.4 is 15.0 Å². The van der Waals surface area contributed by atoms with Gasteiger partial charge in [-0.25, -0.2) is 4.79 Å². The predicted molar refractivity (Wildman–Crippen MR) is 81.2 cm³/mol. The summed E-state index contributed by atoms with van der Waals surface area (Å²) in [7, 11) is 2.95. The first-order valence-electron chi connectivity index (χ1n) is 7.11. The van der Waals surface area contributed by atoms with E-state index in [-0.39, 0.29) is 17.2 Å². The summed E-state index contributed by atoms with van der Waals surface area (Å²) in [6, 6.07) is 3.19. The number of nitrogens with zero attached hydrogens (tertiary/aromatic N) is 1. The highest BCUT2D eigenvalue weighted by atomic mass is 16.5. The highest BCUT2D eigenvalue weighted by Crippen LogP contribution is 2.35. The van der Waals surface area contributed by atoms with Crippen molar-refractivity contribution in [3.63, 3.8) is 0 Å². The Morgan fingerprint density at radius 1 is 1.18 bits per heavy atom. The Labute approximate surface area is 126 Å². The maximum absolute atomic E-state index is 12.7. The third-order valence-electron chi connectivity index (χ3n) is 4.25. The fraction of sp³-hybridized carbons (Fsp3) is 0.375. The third-order valence-corrected chi connectivity index (χ3v) is 4.25. The molecule has 0 radical (unpaired) electrons. The number of carbonyl (C=O) groups is 1. The number of hydrogen-bond donors (Lipinski definition) is 1. The number of hydrogen-bond acceptors (Lipinski definition) is 4. The summed E-state index contributed by atoms with van der Waals surface area (Å²) in [5, 5.41) is 10.2. The molecule has 0 atom stereocenters. The van der Waals surface area contributed by atoms with Crippen LogP contribution in [0.2, 0.25) is 0 Å². The zero-order chi connectivity index (χ0) is 15.9. The summed E-state index contributed by atoms with van der Waals surface area (Å²) in [5.74, 6) is -0.251. The summed E-state index contributed by atoms with van der Waals surface area (Å²) in [6.07, 6.45) is 4.31. The molecule has 22 heavy (non-hydrogen) atoms. The van der Waals surface area contributed by atoms with Crippen LogP contribution in [-0.2, 0) is 0 Å². The molecule has 0 bridgehead atoms. The van der Waals surface area contributed by atoms with E-state index < -0.39 is 5.97 Å². The maximum Gasteiger partial charge on any atom is 0.337 e. The standard InChI is InChI=1S/C16H17NO5/c1-21-13-6-10-11(7-14(13)22-2)15(18)17(9-4-3-5-9)8-12(10)16(19)20/h6-9H,3-5H2,1-2H3,(H,19,20). The highest BCUT2D eigenvalue weighted by molar-refractivity contribution is 6.04. The van der Waals surface area contributed by atoms with Crippen LogP contribution in [0.15, 0.2) is 23.1 Å². The van der Waals surface area contributed by atoms with E-state index in [9.17, 15) is 14.7 Å². The summed E-state index contributed by atoms with van der Waals surface area (Å²) in [5.41, 5.74) is -0.0897. The summed E-state index contributed by atoms with van der Waals surface area (Å²) in [4.78, 5) is 24.3. The maximum atomic E-state index is 12.7. The van der Waals surface area contributed by atoms with E-state index in [0.29, 0.717) is 22.3 Å². The number of pyridine rings is 1. The summed E-state index contributed by atoms with van der Waals surface area (Å²) < 4.78 is 12.0. The Morgan fingerprint density at radius 3 is 2.23 bits per heavy atom. The molecule has 116 valence electrons. The van der Waals surface area contributed by atoms with Gasteiger partial charge in [0, 0.05) is 17.6 Å². The number of methoxy groups -OCH3 is 2. The minimum absolute atomic E-state index is 0.0862. The molecular weight excluding hydrogens is 286 g/mol. The zero-order valence-electron chi connectivity index (χ0n) is 12.5. The second kappa shape index (κ2) is 5.36. The van der Waals surface area contributed by atoms with Gasteiger partial charge in [-0.2, -0.15) is 0 Å². The fourth-order valence-corrected chi connectivity index (χ4v) is 2.79. The monoisotopic (exact) mass is 303 g/mol. The van der Waals surface area contributed by atoms with Crippen LogP contribution in [0.1, 0.15) is 35.7 Å². The van der Waals surface area contributed by atoms with Crippen molar-refractivity contribution in [1.29, 1.82) is 0 Å². The normalized spacial score (nSPS) is 14.6. The number of carboxylic acids is 1. The van der Waals surface area contributed by atoms with Crippen molar-refractivity contribution in [2.45, 2.75) is 25.3 Å². The molecule has 1 aliphatic carbocycles. The minimum Gasteiger partial charge on any atom is -0.493 e. The molecule has 1 fully saturated rings. The van der Waals surface area contributed by atoms with Crippen LogP contribution in [0.3, 0.4) is 0 Å². The molecule has 1 N–H and O–H groups in total. The van der Waals surface area contributed by atoms with Gasteiger partial charge in [-0.05, 0) is 31.4 Å². The van der Waals surface area contributed by atoms with E-state index in [4.69, 9.17) is 9.47 Å². The number of fused-ring (bicyclic) bond motifs is 1. The lowest BCUT2D eigenvalue weighted by Crippen LogP contribution is -2.29. The molecule has 1 aromatic carbocycles. The van der Waals surface area contributed by atoms with Crippen LogP contribution in [-0.4, -0.2) is 29.9 Å². The van der Waals surface area contributed by atoms with Gasteiger partial charge in [0.1, 0.15) is 0 Å². The first-order valence-corrected chi connectivity index (χ1v) is 7.11. The van der Waals surface area contributed by atoms with Gasteiger partial charge in [0.2, 0.25) is 0 Å². The fourth-order valence-electron chi connectivity index (χ4n) is 2.79. The van der Waals surface area contributed by atoms with Gasteiger partial charge in [-0.15, -0.1) is 0 Å². The minimum atomic E-state index is -1.06. The lowest BCUT2D eigenvalue weighted by molar-refractivity contribution is 0.0697. The van der Waals surface area contributed by atoms with Gasteiger partial charge in [0.15, 0.2) is 11.5 Å². The number of aromatic nitrogens is 1. The van der Waals surface area contributed by atoms with Crippen molar-refractivity contribution in [3.8, 4) is 11.5 Å². The van der Waals surface area contributed by atoms with Gasteiger partial charge >= 0.3 is 5.97 Å².